The van der Waals surface area contributed by atoms with Gasteiger partial charge in [-0.25, -0.2) is 0 Å². The van der Waals surface area contributed by atoms with E-state index in [-0.39, 0.29) is 17.1 Å². The fourth-order valence-electron chi connectivity index (χ4n) is 3.57. The van der Waals surface area contributed by atoms with Crippen LogP contribution in [0.5, 0.6) is 5.75 Å². The van der Waals surface area contributed by atoms with Gasteiger partial charge in [-0.2, -0.15) is 0 Å². The SMILES string of the molecule is COc1ccc(C(=O)N2CCN(C(=O)[C@@H]3Cc4ccccc4S3)CC2)cc1. The minimum Gasteiger partial charge on any atom is -0.497 e. The summed E-state index contributed by atoms with van der Waals surface area (Å²) >= 11 is 1.66. The molecule has 0 N–H and O–H groups in total. The summed E-state index contributed by atoms with van der Waals surface area (Å²) in [5.74, 6) is 0.928. The quantitative estimate of drug-likeness (QED) is 0.819. The maximum Gasteiger partial charge on any atom is 0.253 e. The average Bonchev–Trinajstić information content (AvgIpc) is 3.17. The fourth-order valence-corrected chi connectivity index (χ4v) is 4.85. The summed E-state index contributed by atoms with van der Waals surface area (Å²) in [5, 5.41) is -0.0359. The van der Waals surface area contributed by atoms with Crippen molar-refractivity contribution < 1.29 is 14.3 Å². The van der Waals surface area contributed by atoms with Gasteiger partial charge in [0.2, 0.25) is 5.91 Å². The molecule has 1 saturated heterocycles. The van der Waals surface area contributed by atoms with Crippen molar-refractivity contribution in [1.29, 1.82) is 0 Å². The van der Waals surface area contributed by atoms with E-state index >= 15 is 0 Å². The first kappa shape index (κ1) is 17.9. The molecule has 0 bridgehead atoms. The average molecular weight is 382 g/mol. The predicted molar refractivity (Wildman–Crippen MR) is 105 cm³/mol. The van der Waals surface area contributed by atoms with Gasteiger partial charge in [-0.05, 0) is 42.3 Å². The molecule has 6 heteroatoms. The molecule has 27 heavy (non-hydrogen) atoms. The molecule has 1 atom stereocenters. The number of fused-ring (bicyclic) bond motifs is 1. The van der Waals surface area contributed by atoms with Gasteiger partial charge in [0.15, 0.2) is 0 Å². The van der Waals surface area contributed by atoms with Crippen LogP contribution in [-0.4, -0.2) is 60.2 Å². The Balaban J connectivity index is 1.33. The minimum atomic E-state index is -0.0359. The molecule has 1 fully saturated rings. The van der Waals surface area contributed by atoms with Gasteiger partial charge in [0.25, 0.3) is 5.91 Å². The van der Waals surface area contributed by atoms with E-state index in [1.54, 1.807) is 43.1 Å². The van der Waals surface area contributed by atoms with Crippen molar-refractivity contribution >= 4 is 23.6 Å². The van der Waals surface area contributed by atoms with Crippen LogP contribution in [0.25, 0.3) is 0 Å². The maximum atomic E-state index is 12.9. The third kappa shape index (κ3) is 3.67. The molecular weight excluding hydrogens is 360 g/mol. The highest BCUT2D eigenvalue weighted by Gasteiger charge is 2.33. The molecule has 2 aromatic carbocycles. The topological polar surface area (TPSA) is 49.9 Å². The molecule has 2 aromatic rings. The highest BCUT2D eigenvalue weighted by Crippen LogP contribution is 2.37. The summed E-state index contributed by atoms with van der Waals surface area (Å²) in [6, 6.07) is 15.4. The Hall–Kier alpha value is -2.47. The minimum absolute atomic E-state index is 0.00685. The first-order chi connectivity index (χ1) is 13.2. The van der Waals surface area contributed by atoms with Crippen molar-refractivity contribution in [2.24, 2.45) is 0 Å². The van der Waals surface area contributed by atoms with Crippen LogP contribution in [0.15, 0.2) is 53.4 Å². The van der Waals surface area contributed by atoms with Gasteiger partial charge in [-0.1, -0.05) is 18.2 Å². The molecule has 2 aliphatic heterocycles. The van der Waals surface area contributed by atoms with Gasteiger partial charge in [-0.3, -0.25) is 9.59 Å². The van der Waals surface area contributed by atoms with Crippen LogP contribution in [0.1, 0.15) is 15.9 Å². The second kappa shape index (κ2) is 7.64. The van der Waals surface area contributed by atoms with E-state index in [4.69, 9.17) is 4.74 Å². The Labute approximate surface area is 163 Å². The van der Waals surface area contributed by atoms with Crippen LogP contribution in [0.2, 0.25) is 0 Å². The fraction of sp³-hybridized carbons (Fsp3) is 0.333. The molecule has 0 radical (unpaired) electrons. The Kier molecular flexibility index (Phi) is 5.07. The zero-order chi connectivity index (χ0) is 18.8. The molecular formula is C21H22N2O3S. The van der Waals surface area contributed by atoms with Gasteiger partial charge in [-0.15, -0.1) is 11.8 Å². The number of hydrogen-bond donors (Lipinski definition) is 0. The Morgan fingerprint density at radius 1 is 0.963 bits per heavy atom. The molecule has 140 valence electrons. The van der Waals surface area contributed by atoms with Crippen molar-refractivity contribution in [3.63, 3.8) is 0 Å². The summed E-state index contributed by atoms with van der Waals surface area (Å²) in [5.41, 5.74) is 1.91. The molecule has 2 amide bonds. The highest BCUT2D eigenvalue weighted by molar-refractivity contribution is 8.01. The number of hydrogen-bond acceptors (Lipinski definition) is 4. The number of ether oxygens (including phenoxy) is 1. The maximum absolute atomic E-state index is 12.9. The zero-order valence-corrected chi connectivity index (χ0v) is 16.1. The number of methoxy groups -OCH3 is 1. The summed E-state index contributed by atoms with van der Waals surface area (Å²) in [6.45, 7) is 2.32. The lowest BCUT2D eigenvalue weighted by molar-refractivity contribution is -0.132. The van der Waals surface area contributed by atoms with E-state index in [1.165, 1.54) is 10.5 Å². The lowest BCUT2D eigenvalue weighted by atomic mass is 10.1. The normalized spacial score (nSPS) is 18.9. The molecule has 0 aromatic heterocycles. The molecule has 2 heterocycles. The highest BCUT2D eigenvalue weighted by atomic mass is 32.2. The van der Waals surface area contributed by atoms with E-state index in [0.717, 1.165) is 12.2 Å². The molecule has 2 aliphatic rings. The Morgan fingerprint density at radius 3 is 2.30 bits per heavy atom. The monoisotopic (exact) mass is 382 g/mol. The number of rotatable bonds is 3. The number of piperazine rings is 1. The van der Waals surface area contributed by atoms with Crippen molar-refractivity contribution in [2.75, 3.05) is 33.3 Å². The molecule has 4 rings (SSSR count). The van der Waals surface area contributed by atoms with Gasteiger partial charge < -0.3 is 14.5 Å². The van der Waals surface area contributed by atoms with E-state index in [1.807, 2.05) is 21.9 Å². The van der Waals surface area contributed by atoms with Crippen LogP contribution in [-0.2, 0) is 11.2 Å². The van der Waals surface area contributed by atoms with Crippen molar-refractivity contribution in [2.45, 2.75) is 16.6 Å². The number of amides is 2. The van der Waals surface area contributed by atoms with Crippen LogP contribution in [0.3, 0.4) is 0 Å². The molecule has 0 saturated carbocycles. The van der Waals surface area contributed by atoms with Crippen molar-refractivity contribution in [3.8, 4) is 5.75 Å². The predicted octanol–water partition coefficient (Wildman–Crippen LogP) is 2.70. The van der Waals surface area contributed by atoms with Crippen molar-refractivity contribution in [1.82, 2.24) is 9.80 Å². The summed E-state index contributed by atoms with van der Waals surface area (Å²) < 4.78 is 5.14. The second-order valence-corrected chi connectivity index (χ2v) is 8.01. The van der Waals surface area contributed by atoms with E-state index in [2.05, 4.69) is 12.1 Å². The van der Waals surface area contributed by atoms with Gasteiger partial charge in [0.05, 0.1) is 12.4 Å². The number of carbonyl (C=O) groups excluding carboxylic acids is 2. The molecule has 0 aliphatic carbocycles. The number of nitrogens with zero attached hydrogens (tertiary/aromatic N) is 2. The van der Waals surface area contributed by atoms with Crippen LogP contribution in [0, 0.1) is 0 Å². The Bertz CT molecular complexity index is 820. The van der Waals surface area contributed by atoms with Crippen LogP contribution >= 0.6 is 11.8 Å². The van der Waals surface area contributed by atoms with E-state index in [0.29, 0.717) is 31.7 Å². The van der Waals surface area contributed by atoms with Crippen molar-refractivity contribution in [3.05, 3.63) is 59.7 Å². The second-order valence-electron chi connectivity index (χ2n) is 6.76. The first-order valence-corrected chi connectivity index (χ1v) is 10.0. The van der Waals surface area contributed by atoms with Crippen LogP contribution in [0.4, 0.5) is 0 Å². The largest absolute Gasteiger partial charge is 0.497 e. The van der Waals surface area contributed by atoms with E-state index < -0.39 is 0 Å². The third-order valence-electron chi connectivity index (χ3n) is 5.14. The molecule has 0 unspecified atom stereocenters. The number of thioether (sulfide) groups is 1. The molecule has 0 spiro atoms. The Morgan fingerprint density at radius 2 is 1.63 bits per heavy atom. The molecule has 5 nitrogen and oxygen atoms in total. The van der Waals surface area contributed by atoms with Gasteiger partial charge in [0, 0.05) is 36.6 Å². The first-order valence-electron chi connectivity index (χ1n) is 9.12. The smallest absolute Gasteiger partial charge is 0.253 e. The number of benzene rings is 2. The third-order valence-corrected chi connectivity index (χ3v) is 6.44. The van der Waals surface area contributed by atoms with Gasteiger partial charge in [0.1, 0.15) is 5.75 Å². The van der Waals surface area contributed by atoms with Crippen LogP contribution < -0.4 is 4.74 Å². The summed E-state index contributed by atoms with van der Waals surface area (Å²) in [7, 11) is 1.61. The lowest BCUT2D eigenvalue weighted by Gasteiger charge is -2.35. The lowest BCUT2D eigenvalue weighted by Crippen LogP contribution is -2.52. The standard InChI is InChI=1S/C21H22N2O3S/c1-26-17-8-6-15(7-9-17)20(24)22-10-12-23(13-11-22)21(25)19-14-16-4-2-3-5-18(16)27-19/h2-9,19H,10-14H2,1H3/t19-/m0/s1. The zero-order valence-electron chi connectivity index (χ0n) is 15.3. The number of carbonyl (C=O) groups is 2. The summed E-state index contributed by atoms with van der Waals surface area (Å²) in [4.78, 5) is 30.5. The van der Waals surface area contributed by atoms with E-state index in [9.17, 15) is 9.59 Å². The van der Waals surface area contributed by atoms with Gasteiger partial charge >= 0.3 is 0 Å². The summed E-state index contributed by atoms with van der Waals surface area (Å²) in [6.07, 6.45) is 0.796.